The molecule has 0 spiro atoms. The molecule has 1 heterocycles. The van der Waals surface area contributed by atoms with E-state index in [-0.39, 0.29) is 12.6 Å². The third-order valence-electron chi connectivity index (χ3n) is 2.03. The quantitative estimate of drug-likeness (QED) is 0.637. The summed E-state index contributed by atoms with van der Waals surface area (Å²) in [6.07, 6.45) is 4.19. The van der Waals surface area contributed by atoms with Crippen LogP contribution < -0.4 is 10.6 Å². The predicted molar refractivity (Wildman–Crippen MR) is 62.2 cm³/mol. The number of rotatable bonds is 6. The van der Waals surface area contributed by atoms with Crippen molar-refractivity contribution in [2.24, 2.45) is 0 Å². The fraction of sp³-hybridized carbons (Fsp3) is 0.455. The van der Waals surface area contributed by atoms with Gasteiger partial charge in [0.1, 0.15) is 5.82 Å². The molecular weight excluding hydrogens is 206 g/mol. The van der Waals surface area contributed by atoms with Crippen LogP contribution in [0.4, 0.5) is 10.6 Å². The van der Waals surface area contributed by atoms with Gasteiger partial charge in [0, 0.05) is 19.3 Å². The number of nitrogens with one attached hydrogen (secondary N) is 2. The molecule has 16 heavy (non-hydrogen) atoms. The lowest BCUT2D eigenvalue weighted by Crippen LogP contribution is -2.29. The van der Waals surface area contributed by atoms with Gasteiger partial charge in [-0.2, -0.15) is 0 Å². The Morgan fingerprint density at radius 3 is 2.88 bits per heavy atom. The molecular formula is C11H17N3O2. The smallest absolute Gasteiger partial charge is 0.320 e. The second-order valence-corrected chi connectivity index (χ2v) is 3.38. The van der Waals surface area contributed by atoms with Crippen molar-refractivity contribution in [3.63, 3.8) is 0 Å². The van der Waals surface area contributed by atoms with E-state index in [1.807, 2.05) is 6.07 Å². The van der Waals surface area contributed by atoms with Crippen LogP contribution in [0.25, 0.3) is 0 Å². The number of aromatic nitrogens is 1. The van der Waals surface area contributed by atoms with E-state index >= 15 is 0 Å². The van der Waals surface area contributed by atoms with Crippen molar-refractivity contribution in [3.8, 4) is 0 Å². The molecule has 0 aromatic carbocycles. The topological polar surface area (TPSA) is 74.2 Å². The van der Waals surface area contributed by atoms with Crippen molar-refractivity contribution < 1.29 is 9.90 Å². The predicted octanol–water partition coefficient (Wildman–Crippen LogP) is 1.37. The summed E-state index contributed by atoms with van der Waals surface area (Å²) in [5.41, 5.74) is 0. The number of carbonyl (C=O) groups is 1. The molecule has 0 aliphatic heterocycles. The summed E-state index contributed by atoms with van der Waals surface area (Å²) in [5, 5.41) is 13.9. The third-order valence-corrected chi connectivity index (χ3v) is 2.03. The zero-order chi connectivity index (χ0) is 11.6. The summed E-state index contributed by atoms with van der Waals surface area (Å²) in [7, 11) is 0. The van der Waals surface area contributed by atoms with Crippen LogP contribution >= 0.6 is 0 Å². The van der Waals surface area contributed by atoms with Crippen molar-refractivity contribution in [3.05, 3.63) is 24.4 Å². The number of carbonyl (C=O) groups excluding carboxylic acids is 1. The fourth-order valence-corrected chi connectivity index (χ4v) is 1.21. The number of hydrogen-bond donors (Lipinski definition) is 3. The van der Waals surface area contributed by atoms with Crippen LogP contribution in [0.5, 0.6) is 0 Å². The molecule has 88 valence electrons. The number of nitrogens with zero attached hydrogens (tertiary/aromatic N) is 1. The van der Waals surface area contributed by atoms with Gasteiger partial charge in [-0.3, -0.25) is 5.32 Å². The van der Waals surface area contributed by atoms with Gasteiger partial charge in [0.15, 0.2) is 0 Å². The number of aliphatic hydroxyl groups excluding tert-OH is 1. The number of amides is 2. The first-order chi connectivity index (χ1) is 7.83. The number of aliphatic hydroxyl groups is 1. The number of anilines is 1. The van der Waals surface area contributed by atoms with Crippen molar-refractivity contribution in [1.29, 1.82) is 0 Å². The lowest BCUT2D eigenvalue weighted by Gasteiger charge is -2.06. The first-order valence-corrected chi connectivity index (χ1v) is 5.39. The maximum absolute atomic E-state index is 11.3. The Morgan fingerprint density at radius 1 is 1.31 bits per heavy atom. The molecule has 5 nitrogen and oxygen atoms in total. The van der Waals surface area contributed by atoms with Gasteiger partial charge in [0.2, 0.25) is 0 Å². The highest BCUT2D eigenvalue weighted by Gasteiger charge is 2.00. The van der Waals surface area contributed by atoms with E-state index in [0.717, 1.165) is 19.3 Å². The maximum atomic E-state index is 11.3. The standard InChI is InChI=1S/C11H17N3O2/c15-9-5-1-3-8-13-11(16)14-10-6-2-4-7-12-10/h2,4,6-7,15H,1,3,5,8-9H2,(H2,12,13,14,16). The fourth-order valence-electron chi connectivity index (χ4n) is 1.21. The van der Waals surface area contributed by atoms with Gasteiger partial charge in [-0.05, 0) is 31.4 Å². The molecule has 0 aliphatic carbocycles. The molecule has 0 aliphatic rings. The van der Waals surface area contributed by atoms with Crippen LogP contribution in [0, 0.1) is 0 Å². The zero-order valence-electron chi connectivity index (χ0n) is 9.15. The Labute approximate surface area is 94.9 Å². The molecule has 0 saturated carbocycles. The minimum Gasteiger partial charge on any atom is -0.396 e. The maximum Gasteiger partial charge on any atom is 0.320 e. The third kappa shape index (κ3) is 5.31. The second kappa shape index (κ2) is 7.64. The Balaban J connectivity index is 2.12. The van der Waals surface area contributed by atoms with E-state index in [9.17, 15) is 4.79 Å². The molecule has 0 radical (unpaired) electrons. The molecule has 1 aromatic rings. The summed E-state index contributed by atoms with van der Waals surface area (Å²) >= 11 is 0. The van der Waals surface area contributed by atoms with E-state index < -0.39 is 0 Å². The summed E-state index contributed by atoms with van der Waals surface area (Å²) in [6.45, 7) is 0.818. The molecule has 0 bridgehead atoms. The van der Waals surface area contributed by atoms with Gasteiger partial charge in [-0.15, -0.1) is 0 Å². The van der Waals surface area contributed by atoms with Gasteiger partial charge in [-0.25, -0.2) is 9.78 Å². The van der Waals surface area contributed by atoms with E-state index in [2.05, 4.69) is 15.6 Å². The Kier molecular flexibility index (Phi) is 5.95. The molecule has 5 heteroatoms. The van der Waals surface area contributed by atoms with Crippen molar-refractivity contribution in [1.82, 2.24) is 10.3 Å². The second-order valence-electron chi connectivity index (χ2n) is 3.38. The SMILES string of the molecule is O=C(NCCCCCO)Nc1ccccn1. The molecule has 0 saturated heterocycles. The lowest BCUT2D eigenvalue weighted by molar-refractivity contribution is 0.251. The van der Waals surface area contributed by atoms with E-state index in [0.29, 0.717) is 12.4 Å². The highest BCUT2D eigenvalue weighted by molar-refractivity contribution is 5.88. The highest BCUT2D eigenvalue weighted by Crippen LogP contribution is 1.99. The van der Waals surface area contributed by atoms with Crippen molar-refractivity contribution >= 4 is 11.8 Å². The normalized spacial score (nSPS) is 9.81. The Hall–Kier alpha value is -1.62. The summed E-state index contributed by atoms with van der Waals surface area (Å²) in [6, 6.07) is 5.08. The van der Waals surface area contributed by atoms with E-state index in [1.165, 1.54) is 0 Å². The Bertz CT molecular complexity index is 303. The van der Waals surface area contributed by atoms with Gasteiger partial charge in [-0.1, -0.05) is 6.07 Å². The van der Waals surface area contributed by atoms with Crippen LogP contribution in [0.3, 0.4) is 0 Å². The average Bonchev–Trinajstić information content (AvgIpc) is 2.30. The van der Waals surface area contributed by atoms with Crippen molar-refractivity contribution in [2.75, 3.05) is 18.5 Å². The minimum atomic E-state index is -0.248. The minimum absolute atomic E-state index is 0.208. The van der Waals surface area contributed by atoms with Crippen LogP contribution in [0.1, 0.15) is 19.3 Å². The first kappa shape index (κ1) is 12.4. The summed E-state index contributed by atoms with van der Waals surface area (Å²) < 4.78 is 0. The summed E-state index contributed by atoms with van der Waals surface area (Å²) in [5.74, 6) is 0.537. The number of unbranched alkanes of at least 4 members (excludes halogenated alkanes) is 2. The van der Waals surface area contributed by atoms with E-state index in [1.54, 1.807) is 18.3 Å². The highest BCUT2D eigenvalue weighted by atomic mass is 16.2. The number of hydrogen-bond acceptors (Lipinski definition) is 3. The van der Waals surface area contributed by atoms with Crippen LogP contribution in [-0.2, 0) is 0 Å². The first-order valence-electron chi connectivity index (χ1n) is 5.39. The monoisotopic (exact) mass is 223 g/mol. The average molecular weight is 223 g/mol. The van der Waals surface area contributed by atoms with Crippen LogP contribution in [0.2, 0.25) is 0 Å². The van der Waals surface area contributed by atoms with Gasteiger partial charge in [0.05, 0.1) is 0 Å². The molecule has 1 aromatic heterocycles. The number of pyridine rings is 1. The molecule has 0 fully saturated rings. The van der Waals surface area contributed by atoms with Crippen LogP contribution in [-0.4, -0.2) is 29.3 Å². The molecule has 1 rings (SSSR count). The Morgan fingerprint density at radius 2 is 2.19 bits per heavy atom. The van der Waals surface area contributed by atoms with Crippen molar-refractivity contribution in [2.45, 2.75) is 19.3 Å². The van der Waals surface area contributed by atoms with Gasteiger partial charge in [0.25, 0.3) is 0 Å². The van der Waals surface area contributed by atoms with E-state index in [4.69, 9.17) is 5.11 Å². The molecule has 0 atom stereocenters. The molecule has 3 N–H and O–H groups in total. The largest absolute Gasteiger partial charge is 0.396 e. The molecule has 0 unspecified atom stereocenters. The van der Waals surface area contributed by atoms with Gasteiger partial charge < -0.3 is 10.4 Å². The molecule has 2 amide bonds. The zero-order valence-corrected chi connectivity index (χ0v) is 9.15. The number of urea groups is 1. The lowest BCUT2D eigenvalue weighted by atomic mass is 10.2. The van der Waals surface area contributed by atoms with Gasteiger partial charge >= 0.3 is 6.03 Å². The van der Waals surface area contributed by atoms with Crippen LogP contribution in [0.15, 0.2) is 24.4 Å². The summed E-state index contributed by atoms with van der Waals surface area (Å²) in [4.78, 5) is 15.3.